The monoisotopic (exact) mass is 438 g/mol. The summed E-state index contributed by atoms with van der Waals surface area (Å²) in [6.07, 6.45) is 5.94. The smallest absolute Gasteiger partial charge is 0.340 e. The molecule has 1 aromatic carbocycles. The summed E-state index contributed by atoms with van der Waals surface area (Å²) in [5.74, 6) is 0.490. The molecule has 2 aromatic rings. The van der Waals surface area contributed by atoms with Crippen LogP contribution >= 0.6 is 0 Å². The molecular formula is C25H30N2O5. The molecule has 1 amide bonds. The number of hydrogen-bond donors (Lipinski definition) is 0. The van der Waals surface area contributed by atoms with Crippen molar-refractivity contribution < 1.29 is 23.9 Å². The van der Waals surface area contributed by atoms with Crippen LogP contribution in [0, 0.1) is 11.8 Å². The molecule has 3 rings (SSSR count). The normalized spacial score (nSPS) is 18.2. The fourth-order valence-corrected chi connectivity index (χ4v) is 4.11. The average Bonchev–Trinajstić information content (AvgIpc) is 2.80. The maximum Gasteiger partial charge on any atom is 0.340 e. The van der Waals surface area contributed by atoms with Crippen LogP contribution in [-0.4, -0.2) is 36.3 Å². The second-order valence-electron chi connectivity index (χ2n) is 8.55. The van der Waals surface area contributed by atoms with Gasteiger partial charge in [-0.05, 0) is 75.8 Å². The van der Waals surface area contributed by atoms with Crippen LogP contribution in [0.5, 0.6) is 11.6 Å². The third-order valence-corrected chi connectivity index (χ3v) is 5.89. The van der Waals surface area contributed by atoms with Gasteiger partial charge in [-0.25, -0.2) is 9.78 Å². The van der Waals surface area contributed by atoms with Gasteiger partial charge in [-0.15, -0.1) is 0 Å². The van der Waals surface area contributed by atoms with Gasteiger partial charge in [0.05, 0.1) is 23.9 Å². The van der Waals surface area contributed by atoms with Crippen LogP contribution in [0.3, 0.4) is 0 Å². The van der Waals surface area contributed by atoms with Gasteiger partial charge in [-0.1, -0.05) is 6.92 Å². The molecule has 1 aliphatic rings. The van der Waals surface area contributed by atoms with Gasteiger partial charge >= 0.3 is 5.97 Å². The molecule has 0 saturated heterocycles. The zero-order chi connectivity index (χ0) is 23.3. The van der Waals surface area contributed by atoms with Gasteiger partial charge in [0.1, 0.15) is 5.75 Å². The summed E-state index contributed by atoms with van der Waals surface area (Å²) < 4.78 is 10.8. The molecule has 1 aromatic heterocycles. The van der Waals surface area contributed by atoms with E-state index in [4.69, 9.17) is 9.47 Å². The number of amides is 1. The first-order valence-electron chi connectivity index (χ1n) is 11.0. The van der Waals surface area contributed by atoms with E-state index in [2.05, 4.69) is 11.9 Å². The van der Waals surface area contributed by atoms with Crippen molar-refractivity contribution in [2.24, 2.45) is 11.8 Å². The molecule has 170 valence electrons. The predicted molar refractivity (Wildman–Crippen MR) is 121 cm³/mol. The number of carbonyl (C=O) groups is 3. The lowest BCUT2D eigenvalue weighted by Crippen LogP contribution is -2.43. The number of aromatic nitrogens is 1. The number of nitrogens with zero attached hydrogens (tertiary/aromatic N) is 2. The van der Waals surface area contributed by atoms with E-state index in [1.807, 2.05) is 13.8 Å². The van der Waals surface area contributed by atoms with Crippen LogP contribution in [0.15, 0.2) is 36.5 Å². The van der Waals surface area contributed by atoms with Crippen LogP contribution in [-0.2, 0) is 9.53 Å². The molecule has 0 aliphatic heterocycles. The fourth-order valence-electron chi connectivity index (χ4n) is 4.11. The topological polar surface area (TPSA) is 85.8 Å². The molecular weight excluding hydrogens is 408 g/mol. The van der Waals surface area contributed by atoms with Crippen molar-refractivity contribution in [3.63, 3.8) is 0 Å². The zero-order valence-corrected chi connectivity index (χ0v) is 19.0. The highest BCUT2D eigenvalue weighted by Crippen LogP contribution is 2.35. The van der Waals surface area contributed by atoms with Crippen molar-refractivity contribution in [2.75, 3.05) is 12.0 Å². The molecule has 32 heavy (non-hydrogen) atoms. The van der Waals surface area contributed by atoms with Crippen molar-refractivity contribution in [1.29, 1.82) is 0 Å². The number of hydrogen-bond acceptors (Lipinski definition) is 6. The predicted octanol–water partition coefficient (Wildman–Crippen LogP) is 5.04. The van der Waals surface area contributed by atoms with Crippen LogP contribution < -0.4 is 9.64 Å². The Morgan fingerprint density at radius 3 is 2.50 bits per heavy atom. The second-order valence-corrected chi connectivity index (χ2v) is 8.55. The van der Waals surface area contributed by atoms with Crippen molar-refractivity contribution >= 4 is 23.9 Å². The van der Waals surface area contributed by atoms with Crippen LogP contribution in [0.25, 0.3) is 0 Å². The van der Waals surface area contributed by atoms with Gasteiger partial charge in [0, 0.05) is 18.2 Å². The Morgan fingerprint density at radius 2 is 1.88 bits per heavy atom. The van der Waals surface area contributed by atoms with E-state index < -0.39 is 5.97 Å². The summed E-state index contributed by atoms with van der Waals surface area (Å²) in [5.41, 5.74) is 1.00. The summed E-state index contributed by atoms with van der Waals surface area (Å²) >= 11 is 0. The minimum absolute atomic E-state index is 0.0266. The number of pyridine rings is 1. The van der Waals surface area contributed by atoms with Gasteiger partial charge in [-0.3, -0.25) is 9.59 Å². The van der Waals surface area contributed by atoms with Crippen LogP contribution in [0.1, 0.15) is 67.2 Å². The van der Waals surface area contributed by atoms with E-state index in [1.165, 1.54) is 19.4 Å². The lowest BCUT2D eigenvalue weighted by Gasteiger charge is -2.34. The van der Waals surface area contributed by atoms with Crippen molar-refractivity contribution in [3.05, 3.63) is 47.7 Å². The maximum absolute atomic E-state index is 13.5. The lowest BCUT2D eigenvalue weighted by molar-refractivity contribution is -0.123. The number of anilines is 1. The molecule has 0 unspecified atom stereocenters. The fraction of sp³-hybridized carbons (Fsp3) is 0.440. The van der Waals surface area contributed by atoms with Gasteiger partial charge < -0.3 is 14.4 Å². The Bertz CT molecular complexity index is 980. The van der Waals surface area contributed by atoms with Gasteiger partial charge in [0.2, 0.25) is 11.8 Å². The summed E-state index contributed by atoms with van der Waals surface area (Å²) in [5, 5.41) is 0. The highest BCUT2D eigenvalue weighted by Gasteiger charge is 2.32. The lowest BCUT2D eigenvalue weighted by atomic mass is 9.82. The minimum atomic E-state index is -0.571. The molecule has 0 radical (unpaired) electrons. The van der Waals surface area contributed by atoms with E-state index in [9.17, 15) is 14.4 Å². The number of ether oxygens (including phenoxy) is 2. The van der Waals surface area contributed by atoms with Crippen molar-refractivity contribution in [2.45, 2.75) is 52.5 Å². The highest BCUT2D eigenvalue weighted by molar-refractivity contribution is 6.04. The molecule has 7 heteroatoms. The second kappa shape index (κ2) is 10.4. The molecule has 1 aliphatic carbocycles. The van der Waals surface area contributed by atoms with E-state index in [-0.39, 0.29) is 29.3 Å². The van der Waals surface area contributed by atoms with E-state index in [0.717, 1.165) is 25.7 Å². The first-order chi connectivity index (χ1) is 15.3. The molecule has 1 heterocycles. The zero-order valence-electron chi connectivity index (χ0n) is 19.0. The molecule has 0 bridgehead atoms. The number of rotatable bonds is 7. The van der Waals surface area contributed by atoms with Crippen LogP contribution in [0.4, 0.5) is 5.69 Å². The Hall–Kier alpha value is -3.22. The van der Waals surface area contributed by atoms with E-state index >= 15 is 0 Å². The average molecular weight is 439 g/mol. The SMILES string of the molecule is COC(=O)c1cc(Oc2ncccc2C=O)ccc1N(C(=O)C1CCC(C)CC1)C(C)C. The molecule has 0 atom stereocenters. The number of esters is 1. The Balaban J connectivity index is 1.97. The number of benzene rings is 1. The van der Waals surface area contributed by atoms with Crippen molar-refractivity contribution in [1.82, 2.24) is 4.98 Å². The molecule has 1 saturated carbocycles. The summed E-state index contributed by atoms with van der Waals surface area (Å²) in [7, 11) is 1.30. The largest absolute Gasteiger partial charge is 0.465 e. The van der Waals surface area contributed by atoms with Crippen molar-refractivity contribution in [3.8, 4) is 11.6 Å². The number of carbonyl (C=O) groups excluding carboxylic acids is 3. The molecule has 7 nitrogen and oxygen atoms in total. The number of aldehydes is 1. The minimum Gasteiger partial charge on any atom is -0.465 e. The Kier molecular flexibility index (Phi) is 7.62. The number of methoxy groups -OCH3 is 1. The van der Waals surface area contributed by atoms with Gasteiger partial charge in [0.25, 0.3) is 0 Å². The first kappa shape index (κ1) is 23.4. The molecule has 0 N–H and O–H groups in total. The quantitative estimate of drug-likeness (QED) is 0.445. The summed E-state index contributed by atoms with van der Waals surface area (Å²) in [4.78, 5) is 43.1. The highest BCUT2D eigenvalue weighted by atomic mass is 16.5. The maximum atomic E-state index is 13.5. The summed E-state index contributed by atoms with van der Waals surface area (Å²) in [6, 6.07) is 7.96. The third kappa shape index (κ3) is 5.15. The third-order valence-electron chi connectivity index (χ3n) is 5.89. The van der Waals surface area contributed by atoms with E-state index in [0.29, 0.717) is 29.2 Å². The molecule has 1 fully saturated rings. The Morgan fingerprint density at radius 1 is 1.16 bits per heavy atom. The molecule has 0 spiro atoms. The standard InChI is InChI=1S/C25H30N2O5/c1-16(2)27(24(29)18-9-7-17(3)8-10-18)22-12-11-20(14-21(22)25(30)31-4)32-23-19(15-28)6-5-13-26-23/h5-6,11-18H,7-10H2,1-4H3. The van der Waals surface area contributed by atoms with Gasteiger partial charge in [-0.2, -0.15) is 0 Å². The first-order valence-corrected chi connectivity index (χ1v) is 11.0. The van der Waals surface area contributed by atoms with Gasteiger partial charge in [0.15, 0.2) is 6.29 Å². The summed E-state index contributed by atoms with van der Waals surface area (Å²) in [6.45, 7) is 6.07. The van der Waals surface area contributed by atoms with Crippen LogP contribution in [0.2, 0.25) is 0 Å². The Labute approximate surface area is 188 Å². The van der Waals surface area contributed by atoms with E-state index in [1.54, 1.807) is 29.2 Å².